The maximum absolute atomic E-state index is 12.0. The zero-order chi connectivity index (χ0) is 18.0. The predicted octanol–water partition coefficient (Wildman–Crippen LogP) is -2.76. The number of aliphatic carboxylic acids is 2. The third kappa shape index (κ3) is 8.38. The van der Waals surface area contributed by atoms with Crippen LogP contribution in [0.5, 0.6) is 0 Å². The van der Waals surface area contributed by atoms with Gasteiger partial charge in [-0.1, -0.05) is 0 Å². The molecule has 3 unspecified atom stereocenters. The Kier molecular flexibility index (Phi) is 9.94. The third-order valence-electron chi connectivity index (χ3n) is 2.87. The van der Waals surface area contributed by atoms with E-state index < -0.39 is 48.2 Å². The number of nitrogens with one attached hydrogen (secondary N) is 3. The van der Waals surface area contributed by atoms with Crippen LogP contribution in [-0.2, 0) is 19.2 Å². The van der Waals surface area contributed by atoms with Gasteiger partial charge < -0.3 is 31.9 Å². The van der Waals surface area contributed by atoms with Gasteiger partial charge in [-0.2, -0.15) is 12.6 Å². The number of carboxylic acids is 2. The molecule has 0 aliphatic carbocycles. The van der Waals surface area contributed by atoms with E-state index >= 15 is 0 Å². The molecule has 0 heterocycles. The highest BCUT2D eigenvalue weighted by atomic mass is 32.1. The van der Waals surface area contributed by atoms with Crippen molar-refractivity contribution in [1.82, 2.24) is 16.0 Å². The van der Waals surface area contributed by atoms with Gasteiger partial charge in [0.2, 0.25) is 11.8 Å². The molecule has 0 saturated carbocycles. The molecule has 0 aliphatic heterocycles. The van der Waals surface area contributed by atoms with Gasteiger partial charge in [-0.3, -0.25) is 14.4 Å². The number of nitrogens with two attached hydrogens (primary N) is 1. The lowest BCUT2D eigenvalue weighted by Gasteiger charge is -2.19. The second-order valence-corrected chi connectivity index (χ2v) is 5.15. The number of hydrogen-bond acceptors (Lipinski definition) is 7. The molecule has 2 amide bonds. The Balaban J connectivity index is 4.74. The molecule has 0 saturated heterocycles. The van der Waals surface area contributed by atoms with E-state index in [-0.39, 0.29) is 18.8 Å². The molecule has 0 aliphatic rings. The molecule has 0 radical (unpaired) electrons. The van der Waals surface area contributed by atoms with Crippen molar-refractivity contribution in [2.24, 2.45) is 11.7 Å². The second kappa shape index (κ2) is 10.8. The fourth-order valence-corrected chi connectivity index (χ4v) is 1.86. The zero-order valence-corrected chi connectivity index (χ0v) is 13.5. The van der Waals surface area contributed by atoms with E-state index in [0.29, 0.717) is 0 Å². The number of amides is 2. The van der Waals surface area contributed by atoms with Crippen molar-refractivity contribution in [3.05, 3.63) is 0 Å². The summed E-state index contributed by atoms with van der Waals surface area (Å²) < 4.78 is 0. The SMILES string of the molecule is CNCC(N)C(=O)NCC(CC(=O)O)C(=O)NC(CS)C(=O)O. The van der Waals surface area contributed by atoms with Crippen LogP contribution in [0.25, 0.3) is 0 Å². The highest BCUT2D eigenvalue weighted by Gasteiger charge is 2.27. The van der Waals surface area contributed by atoms with Crippen molar-refractivity contribution in [2.75, 3.05) is 25.9 Å². The van der Waals surface area contributed by atoms with Gasteiger partial charge in [0.15, 0.2) is 0 Å². The number of carbonyl (C=O) groups is 4. The van der Waals surface area contributed by atoms with E-state index in [9.17, 15) is 19.2 Å². The third-order valence-corrected chi connectivity index (χ3v) is 3.24. The summed E-state index contributed by atoms with van der Waals surface area (Å²) in [5.41, 5.74) is 5.55. The molecular formula is C12H22N4O6S. The first-order valence-corrected chi connectivity index (χ1v) is 7.39. The van der Waals surface area contributed by atoms with Gasteiger partial charge >= 0.3 is 11.9 Å². The van der Waals surface area contributed by atoms with Crippen molar-refractivity contribution in [3.63, 3.8) is 0 Å². The fraction of sp³-hybridized carbons (Fsp3) is 0.667. The van der Waals surface area contributed by atoms with Crippen LogP contribution in [0.15, 0.2) is 0 Å². The molecular weight excluding hydrogens is 328 g/mol. The highest BCUT2D eigenvalue weighted by Crippen LogP contribution is 2.04. The fourth-order valence-electron chi connectivity index (χ4n) is 1.61. The molecule has 0 fully saturated rings. The lowest BCUT2D eigenvalue weighted by atomic mass is 10.0. The monoisotopic (exact) mass is 350 g/mol. The molecule has 0 aromatic heterocycles. The van der Waals surface area contributed by atoms with Crippen molar-refractivity contribution in [3.8, 4) is 0 Å². The van der Waals surface area contributed by atoms with Crippen molar-refractivity contribution >= 4 is 36.4 Å². The Labute approximate surface area is 138 Å². The summed E-state index contributed by atoms with van der Waals surface area (Å²) in [6, 6.07) is -2.10. The molecule has 3 atom stereocenters. The summed E-state index contributed by atoms with van der Waals surface area (Å²) in [6.45, 7) is -0.0599. The Morgan fingerprint density at radius 1 is 1.13 bits per heavy atom. The second-order valence-electron chi connectivity index (χ2n) is 4.79. The van der Waals surface area contributed by atoms with Crippen LogP contribution in [-0.4, -0.2) is 71.9 Å². The van der Waals surface area contributed by atoms with E-state index in [2.05, 4.69) is 28.6 Å². The minimum Gasteiger partial charge on any atom is -0.481 e. The molecule has 10 nitrogen and oxygen atoms in total. The summed E-state index contributed by atoms with van der Waals surface area (Å²) in [5, 5.41) is 25.0. The van der Waals surface area contributed by atoms with Crippen molar-refractivity contribution < 1.29 is 29.4 Å². The van der Waals surface area contributed by atoms with E-state index in [4.69, 9.17) is 15.9 Å². The minimum absolute atomic E-state index is 0.153. The van der Waals surface area contributed by atoms with Gasteiger partial charge in [0.25, 0.3) is 0 Å². The van der Waals surface area contributed by atoms with Crippen LogP contribution in [0.3, 0.4) is 0 Å². The molecule has 7 N–H and O–H groups in total. The smallest absolute Gasteiger partial charge is 0.327 e. The summed E-state index contributed by atoms with van der Waals surface area (Å²) >= 11 is 3.80. The van der Waals surface area contributed by atoms with Crippen LogP contribution >= 0.6 is 12.6 Å². The summed E-state index contributed by atoms with van der Waals surface area (Å²) in [6.07, 6.45) is -0.563. The van der Waals surface area contributed by atoms with Crippen LogP contribution in [0, 0.1) is 5.92 Å². The van der Waals surface area contributed by atoms with Crippen LogP contribution < -0.4 is 21.7 Å². The zero-order valence-electron chi connectivity index (χ0n) is 12.6. The normalized spacial score (nSPS) is 14.4. The number of rotatable bonds is 11. The lowest BCUT2D eigenvalue weighted by Crippen LogP contribution is -2.50. The molecule has 23 heavy (non-hydrogen) atoms. The number of carbonyl (C=O) groups excluding carboxylic acids is 2. The Bertz CT molecular complexity index is 447. The molecule has 11 heteroatoms. The standard InChI is InChI=1S/C12H22N4O6S/c1-14-4-7(13)11(20)15-3-6(2-9(17)18)10(19)16-8(5-23)12(21)22/h6-8,14,23H,2-5,13H2,1H3,(H,15,20)(H,16,19)(H,17,18)(H,21,22). The summed E-state index contributed by atoms with van der Waals surface area (Å²) in [7, 11) is 1.61. The molecule has 0 aromatic rings. The van der Waals surface area contributed by atoms with E-state index in [1.54, 1.807) is 7.05 Å². The predicted molar refractivity (Wildman–Crippen MR) is 84.1 cm³/mol. The summed E-state index contributed by atoms with van der Waals surface area (Å²) in [4.78, 5) is 45.4. The maximum Gasteiger partial charge on any atom is 0.327 e. The van der Waals surface area contributed by atoms with Gasteiger partial charge in [0.05, 0.1) is 18.4 Å². The van der Waals surface area contributed by atoms with Gasteiger partial charge in [0, 0.05) is 18.8 Å². The van der Waals surface area contributed by atoms with Crippen molar-refractivity contribution in [2.45, 2.75) is 18.5 Å². The van der Waals surface area contributed by atoms with Crippen molar-refractivity contribution in [1.29, 1.82) is 0 Å². The van der Waals surface area contributed by atoms with Crippen LogP contribution in [0.2, 0.25) is 0 Å². The molecule has 132 valence electrons. The minimum atomic E-state index is -1.29. The maximum atomic E-state index is 12.0. The molecule has 0 bridgehead atoms. The number of likely N-dealkylation sites (N-methyl/N-ethyl adjacent to an activating group) is 1. The van der Waals surface area contributed by atoms with Crippen LogP contribution in [0.4, 0.5) is 0 Å². The van der Waals surface area contributed by atoms with E-state index in [1.165, 1.54) is 0 Å². The average Bonchev–Trinajstić information content (AvgIpc) is 2.47. The van der Waals surface area contributed by atoms with E-state index in [1.807, 2.05) is 0 Å². The number of carboxylic acid groups (broad SMARTS) is 2. The Morgan fingerprint density at radius 3 is 2.17 bits per heavy atom. The summed E-state index contributed by atoms with van der Waals surface area (Å²) in [5.74, 6) is -5.16. The molecule has 0 spiro atoms. The first-order valence-electron chi connectivity index (χ1n) is 6.76. The number of thiol groups is 1. The first-order chi connectivity index (χ1) is 10.7. The lowest BCUT2D eigenvalue weighted by molar-refractivity contribution is -0.143. The Hall–Kier alpha value is -1.85. The van der Waals surface area contributed by atoms with Gasteiger partial charge in [-0.15, -0.1) is 0 Å². The average molecular weight is 350 g/mol. The molecule has 0 rings (SSSR count). The van der Waals surface area contributed by atoms with E-state index in [0.717, 1.165) is 0 Å². The van der Waals surface area contributed by atoms with Crippen LogP contribution in [0.1, 0.15) is 6.42 Å². The first kappa shape index (κ1) is 21.1. The Morgan fingerprint density at radius 2 is 1.74 bits per heavy atom. The molecule has 0 aromatic carbocycles. The van der Waals surface area contributed by atoms with Gasteiger partial charge in [-0.25, -0.2) is 4.79 Å². The topological polar surface area (TPSA) is 171 Å². The van der Waals surface area contributed by atoms with Gasteiger partial charge in [-0.05, 0) is 7.05 Å². The number of hydrogen-bond donors (Lipinski definition) is 7. The quantitative estimate of drug-likeness (QED) is 0.196. The highest BCUT2D eigenvalue weighted by molar-refractivity contribution is 7.80. The van der Waals surface area contributed by atoms with Gasteiger partial charge in [0.1, 0.15) is 6.04 Å². The largest absolute Gasteiger partial charge is 0.481 e.